The van der Waals surface area contributed by atoms with Crippen molar-refractivity contribution in [2.45, 2.75) is 37.4 Å². The summed E-state index contributed by atoms with van der Waals surface area (Å²) in [6.07, 6.45) is 0. The molecule has 1 amide bonds. The van der Waals surface area contributed by atoms with E-state index in [2.05, 4.69) is 37.7 Å². The third kappa shape index (κ3) is 5.90. The molecule has 0 bridgehead atoms. The molecule has 0 aliphatic carbocycles. The molecule has 4 N–H and O–H groups in total. The van der Waals surface area contributed by atoms with E-state index in [1.807, 2.05) is 18.2 Å². The monoisotopic (exact) mass is 651 g/mol. The van der Waals surface area contributed by atoms with Gasteiger partial charge in [0.2, 0.25) is 10.0 Å². The average Bonchev–Trinajstić information content (AvgIpc) is 3.54. The van der Waals surface area contributed by atoms with Crippen LogP contribution in [0.3, 0.4) is 0 Å². The van der Waals surface area contributed by atoms with Gasteiger partial charge in [0.1, 0.15) is 17.4 Å². The summed E-state index contributed by atoms with van der Waals surface area (Å²) in [6, 6.07) is 14.6. The van der Waals surface area contributed by atoms with Gasteiger partial charge in [0, 0.05) is 67.8 Å². The molecule has 6 rings (SSSR count). The number of anilines is 3. The topological polar surface area (TPSA) is 134 Å². The molecule has 2 aliphatic heterocycles. The number of phenolic OH excluding ortho intramolecular Hbond substituents is 1. The highest BCUT2D eigenvalue weighted by Gasteiger charge is 2.48. The Balaban J connectivity index is 1.28. The Morgan fingerprint density at radius 2 is 1.72 bits per heavy atom. The maximum absolute atomic E-state index is 14.0. The number of nitrogens with one attached hydrogen (secondary N) is 3. The molecule has 4 aromatic rings. The molecule has 46 heavy (non-hydrogen) atoms. The number of carbonyl (C=O) groups is 1. The number of sulfonamides is 1. The normalized spacial score (nSPS) is 16.8. The first-order valence-corrected chi connectivity index (χ1v) is 16.2. The molecule has 3 aromatic carbocycles. The molecule has 14 heteroatoms. The van der Waals surface area contributed by atoms with Crippen molar-refractivity contribution in [2.75, 3.05) is 48.8 Å². The van der Waals surface area contributed by atoms with E-state index >= 15 is 0 Å². The van der Waals surface area contributed by atoms with Gasteiger partial charge in [0.25, 0.3) is 5.91 Å². The van der Waals surface area contributed by atoms with E-state index in [9.17, 15) is 27.1 Å². The highest BCUT2D eigenvalue weighted by molar-refractivity contribution is 7.89. The zero-order valence-corrected chi connectivity index (χ0v) is 26.5. The van der Waals surface area contributed by atoms with Crippen LogP contribution in [0.15, 0.2) is 65.6 Å². The predicted molar refractivity (Wildman–Crippen MR) is 170 cm³/mol. The second-order valence-electron chi connectivity index (χ2n) is 12.1. The number of phenols is 1. The molecule has 3 heterocycles. The summed E-state index contributed by atoms with van der Waals surface area (Å²) in [4.78, 5) is 17.8. The lowest BCUT2D eigenvalue weighted by molar-refractivity contribution is 0.102. The van der Waals surface area contributed by atoms with E-state index in [0.29, 0.717) is 34.1 Å². The van der Waals surface area contributed by atoms with Crippen LogP contribution in [-0.2, 0) is 28.7 Å². The molecular formula is C32H35F2N7O4S. The minimum absolute atomic E-state index is 0.131. The van der Waals surface area contributed by atoms with Gasteiger partial charge in [0.15, 0.2) is 5.82 Å². The third-order valence-electron chi connectivity index (χ3n) is 8.64. The fourth-order valence-electron chi connectivity index (χ4n) is 5.95. The van der Waals surface area contributed by atoms with E-state index in [4.69, 9.17) is 0 Å². The Kier molecular flexibility index (Phi) is 8.21. The first-order valence-electron chi connectivity index (χ1n) is 14.8. The van der Waals surface area contributed by atoms with E-state index < -0.39 is 38.0 Å². The van der Waals surface area contributed by atoms with Gasteiger partial charge >= 0.3 is 0 Å². The van der Waals surface area contributed by atoms with Crippen LogP contribution in [0.5, 0.6) is 5.75 Å². The number of hydrogen-bond acceptors (Lipinski definition) is 8. The number of aromatic amines is 1. The predicted octanol–water partition coefficient (Wildman–Crippen LogP) is 4.45. The number of piperazine rings is 1. The van der Waals surface area contributed by atoms with Crippen LogP contribution in [0.25, 0.3) is 0 Å². The Labute approximate surface area is 265 Å². The minimum Gasteiger partial charge on any atom is -0.508 e. The van der Waals surface area contributed by atoms with Crippen LogP contribution in [0, 0.1) is 11.6 Å². The van der Waals surface area contributed by atoms with Crippen LogP contribution in [0.2, 0.25) is 0 Å². The van der Waals surface area contributed by atoms with Crippen LogP contribution in [0.4, 0.5) is 26.0 Å². The van der Waals surface area contributed by atoms with Gasteiger partial charge in [0.05, 0.1) is 21.7 Å². The maximum Gasteiger partial charge on any atom is 0.258 e. The number of fused-ring (bicyclic) bond motifs is 1. The number of para-hydroxylation sites is 1. The average molecular weight is 652 g/mol. The van der Waals surface area contributed by atoms with Gasteiger partial charge in [-0.1, -0.05) is 18.2 Å². The molecule has 1 saturated heterocycles. The highest BCUT2D eigenvalue weighted by Crippen LogP contribution is 2.44. The number of amides is 1. The lowest BCUT2D eigenvalue weighted by atomic mass is 10.0. The summed E-state index contributed by atoms with van der Waals surface area (Å²) in [7, 11) is -2.26. The van der Waals surface area contributed by atoms with Crippen molar-refractivity contribution >= 4 is 33.1 Å². The van der Waals surface area contributed by atoms with Crippen molar-refractivity contribution in [2.24, 2.45) is 0 Å². The van der Waals surface area contributed by atoms with E-state index in [-0.39, 0.29) is 24.7 Å². The Bertz CT molecular complexity index is 1890. The van der Waals surface area contributed by atoms with Gasteiger partial charge in [-0.25, -0.2) is 17.2 Å². The summed E-state index contributed by atoms with van der Waals surface area (Å²) in [5.41, 5.74) is 2.20. The molecule has 0 spiro atoms. The third-order valence-corrected chi connectivity index (χ3v) is 10.6. The number of hydrogen-bond donors (Lipinski definition) is 4. The van der Waals surface area contributed by atoms with Crippen LogP contribution in [-0.4, -0.2) is 72.1 Å². The minimum atomic E-state index is -4.33. The maximum atomic E-state index is 14.0. The lowest BCUT2D eigenvalue weighted by Gasteiger charge is -2.34. The Morgan fingerprint density at radius 3 is 2.41 bits per heavy atom. The van der Waals surface area contributed by atoms with Gasteiger partial charge < -0.3 is 25.5 Å². The zero-order chi connectivity index (χ0) is 32.8. The molecule has 1 aromatic heterocycles. The molecule has 0 radical (unpaired) electrons. The molecule has 242 valence electrons. The molecule has 11 nitrogen and oxygen atoms in total. The molecule has 1 fully saturated rings. The lowest BCUT2D eigenvalue weighted by Crippen LogP contribution is -2.44. The standard InChI is InChI=1S/C32H35F2N7O4S/c1-32(2)29-26(19-41(32)46(44,45)24-15-21(33)14-22(34)16-24)30(38-37-29)36-31(43)25-9-8-23(40-12-10-39(3)11-13-40)17-27(25)35-18-20-6-4-5-7-28(20)42/h4-9,14-17,35,42H,10-13,18-19H2,1-3H3,(H2,36,37,38,43). The van der Waals surface area contributed by atoms with Crippen LogP contribution in [0.1, 0.15) is 41.0 Å². The molecular weight excluding hydrogens is 616 g/mol. The summed E-state index contributed by atoms with van der Waals surface area (Å²) in [5.74, 6) is -2.22. The smallest absolute Gasteiger partial charge is 0.258 e. The molecule has 0 unspecified atom stereocenters. The Morgan fingerprint density at radius 1 is 1.02 bits per heavy atom. The van der Waals surface area contributed by atoms with Gasteiger partial charge in [-0.3, -0.25) is 9.89 Å². The van der Waals surface area contributed by atoms with Crippen LogP contribution >= 0.6 is 0 Å². The fourth-order valence-corrected chi connectivity index (χ4v) is 7.72. The van der Waals surface area contributed by atoms with Gasteiger partial charge in [-0.05, 0) is 57.3 Å². The SMILES string of the molecule is CN1CCN(c2ccc(C(=O)Nc3n[nH]c4c3CN(S(=O)(=O)c3cc(F)cc(F)c3)C4(C)C)c(NCc3ccccc3O)c2)CC1. The number of aromatic nitrogens is 2. The number of carbonyl (C=O) groups excluding carboxylic acids is 1. The van der Waals surface area contributed by atoms with Crippen molar-refractivity contribution in [3.05, 3.63) is 94.7 Å². The number of H-pyrrole nitrogens is 1. The van der Waals surface area contributed by atoms with E-state index in [1.165, 1.54) is 0 Å². The molecule has 0 saturated carbocycles. The quantitative estimate of drug-likeness (QED) is 0.220. The largest absolute Gasteiger partial charge is 0.508 e. The first kappa shape index (κ1) is 31.5. The van der Waals surface area contributed by atoms with Gasteiger partial charge in [-0.2, -0.15) is 9.40 Å². The van der Waals surface area contributed by atoms with Crippen molar-refractivity contribution in [1.29, 1.82) is 0 Å². The fraction of sp³-hybridized carbons (Fsp3) is 0.312. The number of rotatable bonds is 8. The second-order valence-corrected chi connectivity index (χ2v) is 13.9. The van der Waals surface area contributed by atoms with Crippen LogP contribution < -0.4 is 15.5 Å². The number of benzene rings is 3. The summed E-state index contributed by atoms with van der Waals surface area (Å²) < 4.78 is 56.1. The second kappa shape index (κ2) is 12.0. The Hall–Kier alpha value is -4.53. The number of aromatic hydroxyl groups is 1. The van der Waals surface area contributed by atoms with Gasteiger partial charge in [-0.15, -0.1) is 0 Å². The number of halogens is 2. The molecule has 2 aliphatic rings. The zero-order valence-electron chi connectivity index (χ0n) is 25.6. The van der Waals surface area contributed by atoms with E-state index in [0.717, 1.165) is 48.3 Å². The molecule has 0 atom stereocenters. The first-order chi connectivity index (χ1) is 21.8. The number of nitrogens with zero attached hydrogens (tertiary/aromatic N) is 4. The van der Waals surface area contributed by atoms with Crippen molar-refractivity contribution in [1.82, 2.24) is 19.4 Å². The van der Waals surface area contributed by atoms with E-state index in [1.54, 1.807) is 38.1 Å². The van der Waals surface area contributed by atoms with Crippen molar-refractivity contribution in [3.63, 3.8) is 0 Å². The summed E-state index contributed by atoms with van der Waals surface area (Å²) in [5, 5.41) is 23.6. The highest BCUT2D eigenvalue weighted by atomic mass is 32.2. The van der Waals surface area contributed by atoms with Crippen molar-refractivity contribution < 1.29 is 27.1 Å². The summed E-state index contributed by atoms with van der Waals surface area (Å²) in [6.45, 7) is 6.85. The summed E-state index contributed by atoms with van der Waals surface area (Å²) >= 11 is 0. The van der Waals surface area contributed by atoms with Crippen molar-refractivity contribution in [3.8, 4) is 5.75 Å². The number of likely N-dealkylation sites (N-methyl/N-ethyl adjacent to an activating group) is 1.